The van der Waals surface area contributed by atoms with Crippen molar-refractivity contribution in [2.75, 3.05) is 54.1 Å². The van der Waals surface area contributed by atoms with Gasteiger partial charge in [0.05, 0.1) is 34.4 Å². The third kappa shape index (κ3) is 43.2. The largest absolute Gasteiger partial charge is 0.475 e. The fourth-order valence-electron chi connectivity index (χ4n) is 6.72. The van der Waals surface area contributed by atoms with Crippen LogP contribution in [0.25, 0.3) is 0 Å². The molecule has 0 aromatic rings. The maximum Gasteiger partial charge on any atom is 0.475 e. The Morgan fingerprint density at radius 2 is 0.850 bits per heavy atom. The summed E-state index contributed by atoms with van der Waals surface area (Å²) in [5.74, 6) is -0.712. The first-order valence-corrected chi connectivity index (χ1v) is 26.5. The van der Waals surface area contributed by atoms with Gasteiger partial charge in [-0.3, -0.25) is 23.2 Å². The van der Waals surface area contributed by atoms with Crippen LogP contribution in [0.3, 0.4) is 0 Å². The Morgan fingerprint density at radius 3 is 1.30 bits per heavy atom. The number of phosphoric acid groups is 1. The summed E-state index contributed by atoms with van der Waals surface area (Å²) < 4.78 is 43.0. The first-order chi connectivity index (χ1) is 29.0. The summed E-state index contributed by atoms with van der Waals surface area (Å²) in [6.45, 7) is 7.25. The van der Waals surface area contributed by atoms with E-state index in [1.165, 1.54) is 96.3 Å². The van der Waals surface area contributed by atoms with Gasteiger partial charge in [0, 0.05) is 12.8 Å². The molecule has 0 bridgehead atoms. The summed E-state index contributed by atoms with van der Waals surface area (Å²) in [5.41, 5.74) is 0. The fraction of sp³-hybridized carbons (Fsp3) is 0.880. The van der Waals surface area contributed by atoms with Crippen LogP contribution in [0.15, 0.2) is 24.3 Å². The molecule has 0 aromatic heterocycles. The van der Waals surface area contributed by atoms with Gasteiger partial charge in [-0.1, -0.05) is 167 Å². The fourth-order valence-corrected chi connectivity index (χ4v) is 7.95. The zero-order chi connectivity index (χ0) is 44.3. The van der Waals surface area contributed by atoms with Crippen LogP contribution in [0, 0.1) is 0 Å². The number of hydrogen-bond acceptors (Lipinski definition) is 8. The topological polar surface area (TPSA) is 97.4 Å². The molecule has 0 N–H and O–H groups in total. The van der Waals surface area contributed by atoms with Crippen LogP contribution in [-0.2, 0) is 37.2 Å². The van der Waals surface area contributed by atoms with Crippen LogP contribution in [0.5, 0.6) is 0 Å². The zero-order valence-electron chi connectivity index (χ0n) is 40.2. The summed E-state index contributed by atoms with van der Waals surface area (Å²) >= 11 is 0. The van der Waals surface area contributed by atoms with Gasteiger partial charge in [-0.15, -0.1) is 0 Å². The average Bonchev–Trinajstić information content (AvgIpc) is 3.21. The van der Waals surface area contributed by atoms with Gasteiger partial charge in [0.1, 0.15) is 19.8 Å². The lowest BCUT2D eigenvalue weighted by Crippen LogP contribution is -2.37. The van der Waals surface area contributed by atoms with Crippen molar-refractivity contribution in [3.63, 3.8) is 0 Å². The molecule has 0 amide bonds. The molecule has 0 aliphatic rings. The van der Waals surface area contributed by atoms with Crippen molar-refractivity contribution in [3.8, 4) is 0 Å². The van der Waals surface area contributed by atoms with E-state index in [2.05, 4.69) is 45.1 Å². The summed E-state index contributed by atoms with van der Waals surface area (Å²) in [7, 11) is 2.13. The lowest BCUT2D eigenvalue weighted by molar-refractivity contribution is -0.870. The summed E-state index contributed by atoms with van der Waals surface area (Å²) in [6.07, 6.45) is 43.6. The molecule has 0 heterocycles. The highest BCUT2D eigenvalue weighted by molar-refractivity contribution is 7.48. The first kappa shape index (κ1) is 58.5. The van der Waals surface area contributed by atoms with Crippen LogP contribution in [0.4, 0.5) is 0 Å². The highest BCUT2D eigenvalue weighted by Gasteiger charge is 2.30. The second kappa shape index (κ2) is 42.8. The number of phosphoric ester groups is 1. The molecule has 0 spiro atoms. The second-order valence-corrected chi connectivity index (χ2v) is 19.6. The Bertz CT molecular complexity index is 1070. The van der Waals surface area contributed by atoms with Crippen molar-refractivity contribution in [3.05, 3.63) is 24.3 Å². The van der Waals surface area contributed by atoms with E-state index < -0.39 is 13.9 Å². The minimum absolute atomic E-state index is 0.169. The van der Waals surface area contributed by atoms with E-state index >= 15 is 0 Å². The van der Waals surface area contributed by atoms with E-state index in [0.29, 0.717) is 17.4 Å². The van der Waals surface area contributed by atoms with Gasteiger partial charge in [0.25, 0.3) is 0 Å². The molecule has 9 nitrogen and oxygen atoms in total. The molecule has 0 aliphatic heterocycles. The molecule has 0 aliphatic carbocycles. The second-order valence-electron chi connectivity index (χ2n) is 17.9. The monoisotopic (exact) mass is 871 g/mol. The molecular formula is C50H97NO8P+. The predicted octanol–water partition coefficient (Wildman–Crippen LogP) is 15.0. The number of likely N-dealkylation sites (N-methyl/N-ethyl adjacent to an activating group) is 1. The van der Waals surface area contributed by atoms with Gasteiger partial charge in [-0.25, -0.2) is 4.57 Å². The Morgan fingerprint density at radius 1 is 0.467 bits per heavy atom. The average molecular weight is 871 g/mol. The lowest BCUT2D eigenvalue weighted by Gasteiger charge is -2.26. The van der Waals surface area contributed by atoms with Crippen LogP contribution in [-0.4, -0.2) is 76.6 Å². The van der Waals surface area contributed by atoms with Gasteiger partial charge in [0.15, 0.2) is 6.10 Å². The molecule has 0 radical (unpaired) electrons. The van der Waals surface area contributed by atoms with Crippen LogP contribution >= 0.6 is 7.82 Å². The maximum absolute atomic E-state index is 13.7. The number of ether oxygens (including phenoxy) is 2. The standard InChI is InChI=1S/C50H97NO8P/c1-7-10-13-16-18-20-22-24-26-28-30-32-34-36-38-41-49(52)55-46-48(47-58-60(54,56-44-40-15-12-9-3)57-45-43-51(4,5)6)59-50(53)42-39-37-35-33-31-29-27-25-23-21-19-17-14-11-8-2/h24-27,48H,7-23,28-47H2,1-6H3/q+1/b26-24-,27-25-. The molecule has 10 heteroatoms. The summed E-state index contributed by atoms with van der Waals surface area (Å²) in [5, 5.41) is 0. The Balaban J connectivity index is 4.82. The Hall–Kier alpha value is -1.51. The number of esters is 2. The highest BCUT2D eigenvalue weighted by Crippen LogP contribution is 2.49. The van der Waals surface area contributed by atoms with Crippen molar-refractivity contribution in [1.29, 1.82) is 0 Å². The van der Waals surface area contributed by atoms with Gasteiger partial charge < -0.3 is 14.0 Å². The van der Waals surface area contributed by atoms with E-state index in [1.807, 2.05) is 21.1 Å². The first-order valence-electron chi connectivity index (χ1n) is 25.0. The Kier molecular flexibility index (Phi) is 41.7. The van der Waals surface area contributed by atoms with Crippen molar-refractivity contribution in [1.82, 2.24) is 0 Å². The van der Waals surface area contributed by atoms with Gasteiger partial charge in [0.2, 0.25) is 0 Å². The summed E-state index contributed by atoms with van der Waals surface area (Å²) in [4.78, 5) is 25.7. The minimum atomic E-state index is -3.95. The van der Waals surface area contributed by atoms with Crippen LogP contribution in [0.1, 0.15) is 226 Å². The number of unbranched alkanes of at least 4 members (excludes halogenated alkanes) is 25. The molecule has 0 saturated carbocycles. The number of quaternary nitrogens is 1. The molecular weight excluding hydrogens is 774 g/mol. The van der Waals surface area contributed by atoms with E-state index in [1.54, 1.807) is 0 Å². The van der Waals surface area contributed by atoms with E-state index in [0.717, 1.165) is 96.3 Å². The summed E-state index contributed by atoms with van der Waals surface area (Å²) in [6, 6.07) is 0. The molecule has 0 fully saturated rings. The number of nitrogens with zero attached hydrogens (tertiary/aromatic N) is 1. The van der Waals surface area contributed by atoms with E-state index in [9.17, 15) is 14.2 Å². The molecule has 354 valence electrons. The molecule has 0 saturated heterocycles. The zero-order valence-corrected chi connectivity index (χ0v) is 41.1. The number of hydrogen-bond donors (Lipinski definition) is 0. The van der Waals surface area contributed by atoms with Crippen molar-refractivity contribution in [2.45, 2.75) is 232 Å². The minimum Gasteiger partial charge on any atom is -0.462 e. The molecule has 2 atom stereocenters. The maximum atomic E-state index is 13.7. The van der Waals surface area contributed by atoms with Crippen molar-refractivity contribution >= 4 is 19.8 Å². The molecule has 0 rings (SSSR count). The van der Waals surface area contributed by atoms with Gasteiger partial charge in [-0.2, -0.15) is 0 Å². The highest BCUT2D eigenvalue weighted by atomic mass is 31.2. The van der Waals surface area contributed by atoms with Crippen molar-refractivity contribution in [2.24, 2.45) is 0 Å². The quantitative estimate of drug-likeness (QED) is 0.0196. The Labute approximate surface area is 371 Å². The predicted molar refractivity (Wildman–Crippen MR) is 252 cm³/mol. The number of carbonyl (C=O) groups is 2. The van der Waals surface area contributed by atoms with E-state index in [-0.39, 0.29) is 44.8 Å². The smallest absolute Gasteiger partial charge is 0.462 e. The van der Waals surface area contributed by atoms with Gasteiger partial charge >= 0.3 is 19.8 Å². The normalized spacial score (nSPS) is 13.6. The van der Waals surface area contributed by atoms with Crippen LogP contribution in [0.2, 0.25) is 0 Å². The molecule has 0 aromatic carbocycles. The lowest BCUT2D eigenvalue weighted by atomic mass is 10.1. The number of carbonyl (C=O) groups excluding carboxylic acids is 2. The number of allylic oxidation sites excluding steroid dienone is 4. The molecule has 2 unspecified atom stereocenters. The van der Waals surface area contributed by atoms with Gasteiger partial charge in [-0.05, 0) is 70.6 Å². The molecule has 60 heavy (non-hydrogen) atoms. The van der Waals surface area contributed by atoms with E-state index in [4.69, 9.17) is 23.0 Å². The van der Waals surface area contributed by atoms with Crippen LogP contribution < -0.4 is 0 Å². The third-order valence-corrected chi connectivity index (χ3v) is 12.2. The number of rotatable bonds is 46. The SMILES string of the molecule is CCCCCCCC/C=C\CCCCCCCC(=O)OCC(COP(=O)(OCCCCCC)OCC[N+](C)(C)C)OC(=O)CCCCCCC/C=C\CCCCCCCC. The van der Waals surface area contributed by atoms with Crippen molar-refractivity contribution < 1.29 is 41.7 Å². The third-order valence-electron chi connectivity index (χ3n) is 10.7.